The zero-order chi connectivity index (χ0) is 16.8. The molecule has 1 atom stereocenters. The highest BCUT2D eigenvalue weighted by atomic mass is 16.6. The minimum absolute atomic E-state index is 0.0773. The highest BCUT2D eigenvalue weighted by molar-refractivity contribution is 5.94. The first kappa shape index (κ1) is 16.5. The summed E-state index contributed by atoms with van der Waals surface area (Å²) in [7, 11) is 0. The van der Waals surface area contributed by atoms with Gasteiger partial charge in [0.15, 0.2) is 6.10 Å². The van der Waals surface area contributed by atoms with Crippen molar-refractivity contribution in [1.29, 1.82) is 0 Å². The topological polar surface area (TPSA) is 81.5 Å². The van der Waals surface area contributed by atoms with Crippen LogP contribution in [0, 0.1) is 10.1 Å². The molecule has 0 aliphatic carbocycles. The number of carbonyl (C=O) groups excluding carboxylic acids is 1. The third-order valence-corrected chi connectivity index (χ3v) is 3.34. The van der Waals surface area contributed by atoms with E-state index in [1.54, 1.807) is 13.0 Å². The van der Waals surface area contributed by atoms with Gasteiger partial charge in [-0.1, -0.05) is 25.1 Å². The summed E-state index contributed by atoms with van der Waals surface area (Å²) < 4.78 is 5.58. The number of anilines is 1. The molecular formula is C17H18N2O4. The van der Waals surface area contributed by atoms with E-state index < -0.39 is 11.0 Å². The molecule has 23 heavy (non-hydrogen) atoms. The van der Waals surface area contributed by atoms with Crippen LogP contribution in [-0.2, 0) is 11.2 Å². The number of hydrogen-bond donors (Lipinski definition) is 1. The molecule has 1 amide bonds. The molecule has 0 aliphatic rings. The molecule has 120 valence electrons. The first-order valence-corrected chi connectivity index (χ1v) is 7.30. The van der Waals surface area contributed by atoms with Crippen LogP contribution >= 0.6 is 0 Å². The fraction of sp³-hybridized carbons (Fsp3) is 0.235. The third-order valence-electron chi connectivity index (χ3n) is 3.34. The van der Waals surface area contributed by atoms with Gasteiger partial charge in [-0.05, 0) is 37.1 Å². The summed E-state index contributed by atoms with van der Waals surface area (Å²) in [6.45, 7) is 3.69. The Morgan fingerprint density at radius 2 is 1.96 bits per heavy atom. The Bertz CT molecular complexity index is 698. The first-order chi connectivity index (χ1) is 11.0. The Kier molecular flexibility index (Phi) is 5.30. The molecule has 0 aliphatic heterocycles. The Labute approximate surface area is 134 Å². The monoisotopic (exact) mass is 314 g/mol. The predicted molar refractivity (Wildman–Crippen MR) is 87.6 cm³/mol. The molecule has 0 radical (unpaired) electrons. The lowest BCUT2D eigenvalue weighted by Crippen LogP contribution is -2.30. The highest BCUT2D eigenvalue weighted by Crippen LogP contribution is 2.18. The summed E-state index contributed by atoms with van der Waals surface area (Å²) in [5.41, 5.74) is 1.47. The van der Waals surface area contributed by atoms with E-state index >= 15 is 0 Å². The maximum absolute atomic E-state index is 12.1. The number of non-ortho nitro benzene ring substituents is 1. The average molecular weight is 314 g/mol. The Balaban J connectivity index is 1.99. The van der Waals surface area contributed by atoms with Gasteiger partial charge in [0, 0.05) is 17.8 Å². The number of nitro benzene ring substituents is 1. The third kappa shape index (κ3) is 4.54. The van der Waals surface area contributed by atoms with E-state index in [0.717, 1.165) is 6.42 Å². The van der Waals surface area contributed by atoms with Crippen molar-refractivity contribution in [3.8, 4) is 5.75 Å². The molecule has 1 unspecified atom stereocenters. The molecule has 2 aromatic rings. The summed E-state index contributed by atoms with van der Waals surface area (Å²) in [5, 5.41) is 13.3. The van der Waals surface area contributed by atoms with Crippen molar-refractivity contribution in [1.82, 2.24) is 0 Å². The highest BCUT2D eigenvalue weighted by Gasteiger charge is 2.16. The van der Waals surface area contributed by atoms with E-state index in [4.69, 9.17) is 4.74 Å². The van der Waals surface area contributed by atoms with E-state index in [1.807, 2.05) is 24.3 Å². The number of nitrogens with zero attached hydrogens (tertiary/aromatic N) is 1. The Hall–Kier alpha value is -2.89. The summed E-state index contributed by atoms with van der Waals surface area (Å²) in [4.78, 5) is 22.3. The summed E-state index contributed by atoms with van der Waals surface area (Å²) in [6, 6.07) is 13.3. The molecule has 2 aromatic carbocycles. The molecule has 0 fully saturated rings. The van der Waals surface area contributed by atoms with Crippen molar-refractivity contribution in [2.75, 3.05) is 5.32 Å². The van der Waals surface area contributed by atoms with Crippen molar-refractivity contribution in [3.05, 3.63) is 64.2 Å². The fourth-order valence-electron chi connectivity index (χ4n) is 2.00. The molecule has 0 bridgehead atoms. The molecule has 6 heteroatoms. The summed E-state index contributed by atoms with van der Waals surface area (Å²) in [5.74, 6) is 0.231. The molecule has 0 spiro atoms. The number of ether oxygens (including phenoxy) is 1. The van der Waals surface area contributed by atoms with Crippen LogP contribution in [0.1, 0.15) is 19.4 Å². The maximum atomic E-state index is 12.1. The van der Waals surface area contributed by atoms with Crippen LogP contribution in [0.25, 0.3) is 0 Å². The zero-order valence-electron chi connectivity index (χ0n) is 13.0. The van der Waals surface area contributed by atoms with Crippen molar-refractivity contribution in [2.45, 2.75) is 26.4 Å². The standard InChI is InChI=1S/C17H18N2O4/c1-3-13-7-9-16(10-8-13)23-12(2)17(20)18-14-5-4-6-15(11-14)19(21)22/h4-12H,3H2,1-2H3,(H,18,20). The van der Waals surface area contributed by atoms with Crippen LogP contribution in [0.4, 0.5) is 11.4 Å². The maximum Gasteiger partial charge on any atom is 0.271 e. The van der Waals surface area contributed by atoms with Gasteiger partial charge in [-0.3, -0.25) is 14.9 Å². The second-order valence-electron chi connectivity index (χ2n) is 5.05. The van der Waals surface area contributed by atoms with Gasteiger partial charge in [0.1, 0.15) is 5.75 Å². The molecule has 2 rings (SSSR count). The molecule has 0 saturated heterocycles. The predicted octanol–water partition coefficient (Wildman–Crippen LogP) is 3.56. The molecule has 1 N–H and O–H groups in total. The van der Waals surface area contributed by atoms with E-state index in [9.17, 15) is 14.9 Å². The minimum Gasteiger partial charge on any atom is -0.481 e. The number of amides is 1. The van der Waals surface area contributed by atoms with Crippen LogP contribution in [0.3, 0.4) is 0 Å². The number of aryl methyl sites for hydroxylation is 1. The van der Waals surface area contributed by atoms with Gasteiger partial charge >= 0.3 is 0 Å². The van der Waals surface area contributed by atoms with Crippen molar-refractivity contribution >= 4 is 17.3 Å². The lowest BCUT2D eigenvalue weighted by Gasteiger charge is -2.15. The van der Waals surface area contributed by atoms with E-state index in [-0.39, 0.29) is 11.6 Å². The van der Waals surface area contributed by atoms with Gasteiger partial charge < -0.3 is 10.1 Å². The quantitative estimate of drug-likeness (QED) is 0.653. The van der Waals surface area contributed by atoms with Crippen LogP contribution in [-0.4, -0.2) is 16.9 Å². The second kappa shape index (κ2) is 7.40. The van der Waals surface area contributed by atoms with E-state index in [0.29, 0.717) is 11.4 Å². The number of nitrogens with one attached hydrogen (secondary N) is 1. The van der Waals surface area contributed by atoms with Gasteiger partial charge in [-0.2, -0.15) is 0 Å². The van der Waals surface area contributed by atoms with Gasteiger partial charge in [0.25, 0.3) is 11.6 Å². The van der Waals surface area contributed by atoms with Gasteiger partial charge in [-0.15, -0.1) is 0 Å². The van der Waals surface area contributed by atoms with Gasteiger partial charge in [0.05, 0.1) is 4.92 Å². The van der Waals surface area contributed by atoms with E-state index in [2.05, 4.69) is 12.2 Å². The fourth-order valence-corrected chi connectivity index (χ4v) is 2.00. The van der Waals surface area contributed by atoms with Crippen LogP contribution < -0.4 is 10.1 Å². The minimum atomic E-state index is -0.721. The zero-order valence-corrected chi connectivity index (χ0v) is 13.0. The SMILES string of the molecule is CCc1ccc(OC(C)C(=O)Nc2cccc([N+](=O)[O-])c2)cc1. The van der Waals surface area contributed by atoms with Crippen molar-refractivity contribution in [2.24, 2.45) is 0 Å². The number of rotatable bonds is 6. The molecule has 6 nitrogen and oxygen atoms in total. The van der Waals surface area contributed by atoms with Gasteiger partial charge in [0.2, 0.25) is 0 Å². The first-order valence-electron chi connectivity index (χ1n) is 7.30. The second-order valence-corrected chi connectivity index (χ2v) is 5.05. The summed E-state index contributed by atoms with van der Waals surface area (Å²) >= 11 is 0. The van der Waals surface area contributed by atoms with Crippen LogP contribution in [0.2, 0.25) is 0 Å². The normalized spacial score (nSPS) is 11.6. The molecule has 0 heterocycles. The number of benzene rings is 2. The van der Waals surface area contributed by atoms with Crippen LogP contribution in [0.15, 0.2) is 48.5 Å². The van der Waals surface area contributed by atoms with Crippen molar-refractivity contribution < 1.29 is 14.5 Å². The smallest absolute Gasteiger partial charge is 0.271 e. The van der Waals surface area contributed by atoms with Gasteiger partial charge in [-0.25, -0.2) is 0 Å². The number of nitro groups is 1. The Morgan fingerprint density at radius 1 is 1.26 bits per heavy atom. The molecule has 0 saturated carbocycles. The van der Waals surface area contributed by atoms with Crippen molar-refractivity contribution in [3.63, 3.8) is 0 Å². The number of carbonyl (C=O) groups is 1. The largest absolute Gasteiger partial charge is 0.481 e. The average Bonchev–Trinajstić information content (AvgIpc) is 2.55. The van der Waals surface area contributed by atoms with E-state index in [1.165, 1.54) is 23.8 Å². The lowest BCUT2D eigenvalue weighted by atomic mass is 10.2. The molecular weight excluding hydrogens is 296 g/mol. The number of hydrogen-bond acceptors (Lipinski definition) is 4. The summed E-state index contributed by atoms with van der Waals surface area (Å²) in [6.07, 6.45) is 0.213. The lowest BCUT2D eigenvalue weighted by molar-refractivity contribution is -0.384. The van der Waals surface area contributed by atoms with Crippen LogP contribution in [0.5, 0.6) is 5.75 Å². The Morgan fingerprint density at radius 3 is 2.57 bits per heavy atom. The molecule has 0 aromatic heterocycles.